The van der Waals surface area contributed by atoms with Crippen molar-refractivity contribution in [3.8, 4) is 0 Å². The van der Waals surface area contributed by atoms with Crippen LogP contribution in [0.4, 0.5) is 0 Å². The molecule has 0 bridgehead atoms. The maximum atomic E-state index is 12.1. The molecule has 1 N–H and O–H groups in total. The van der Waals surface area contributed by atoms with Crippen molar-refractivity contribution in [2.45, 2.75) is 59.5 Å². The fourth-order valence-electron chi connectivity index (χ4n) is 1.95. The molecule has 0 aliphatic rings. The van der Waals surface area contributed by atoms with E-state index in [1.165, 1.54) is 0 Å². The first kappa shape index (κ1) is 17.4. The second-order valence-corrected chi connectivity index (χ2v) is 5.14. The van der Waals surface area contributed by atoms with Crippen LogP contribution in [-0.4, -0.2) is 48.7 Å². The van der Waals surface area contributed by atoms with Crippen molar-refractivity contribution in [2.24, 2.45) is 0 Å². The highest BCUT2D eigenvalue weighted by molar-refractivity contribution is 5.80. The van der Waals surface area contributed by atoms with Crippen LogP contribution in [-0.2, 0) is 9.53 Å². The number of nitrogens with one attached hydrogen (secondary N) is 1. The molecule has 0 fully saturated rings. The molecule has 108 valence electrons. The van der Waals surface area contributed by atoms with Crippen LogP contribution in [0.2, 0.25) is 0 Å². The van der Waals surface area contributed by atoms with E-state index in [4.69, 9.17) is 4.74 Å². The van der Waals surface area contributed by atoms with Crippen LogP contribution in [0.1, 0.15) is 48.0 Å². The lowest BCUT2D eigenvalue weighted by molar-refractivity contribution is -0.151. The minimum atomic E-state index is -0.619. The molecule has 1 unspecified atom stereocenters. The summed E-state index contributed by atoms with van der Waals surface area (Å²) in [5.74, 6) is -0.155. The Labute approximate surface area is 112 Å². The van der Waals surface area contributed by atoms with Gasteiger partial charge in [-0.25, -0.2) is 0 Å². The van der Waals surface area contributed by atoms with Gasteiger partial charge in [0.1, 0.15) is 5.54 Å². The lowest BCUT2D eigenvalue weighted by Gasteiger charge is -2.36. The van der Waals surface area contributed by atoms with Gasteiger partial charge in [0.05, 0.1) is 6.61 Å². The molecular weight excluding hydrogens is 228 g/mol. The number of hydrogen-bond acceptors (Lipinski definition) is 4. The molecule has 0 amide bonds. The third-order valence-corrected chi connectivity index (χ3v) is 3.15. The van der Waals surface area contributed by atoms with E-state index in [1.54, 1.807) is 0 Å². The maximum Gasteiger partial charge on any atom is 0.327 e. The van der Waals surface area contributed by atoms with E-state index in [0.717, 1.165) is 19.5 Å². The van der Waals surface area contributed by atoms with Gasteiger partial charge in [-0.05, 0) is 47.2 Å². The largest absolute Gasteiger partial charge is 0.465 e. The van der Waals surface area contributed by atoms with E-state index in [9.17, 15) is 4.79 Å². The molecule has 0 heterocycles. The molecule has 4 heteroatoms. The molecule has 0 aromatic carbocycles. The number of esters is 1. The summed E-state index contributed by atoms with van der Waals surface area (Å²) < 4.78 is 5.20. The standard InChI is InChI=1S/C14H30N2O2/c1-7-10-15-14(6,13(17)18-9-3)11-16(8-2)12(4)5/h12,15H,7-11H2,1-6H3. The Morgan fingerprint density at radius 2 is 1.94 bits per heavy atom. The fraction of sp³-hybridized carbons (Fsp3) is 0.929. The van der Waals surface area contributed by atoms with Crippen molar-refractivity contribution in [2.75, 3.05) is 26.2 Å². The smallest absolute Gasteiger partial charge is 0.327 e. The van der Waals surface area contributed by atoms with E-state index in [2.05, 4.69) is 37.9 Å². The second-order valence-electron chi connectivity index (χ2n) is 5.14. The van der Waals surface area contributed by atoms with E-state index in [-0.39, 0.29) is 5.97 Å². The van der Waals surface area contributed by atoms with Gasteiger partial charge in [-0.15, -0.1) is 0 Å². The summed E-state index contributed by atoms with van der Waals surface area (Å²) in [4.78, 5) is 14.4. The van der Waals surface area contributed by atoms with Crippen molar-refractivity contribution in [1.29, 1.82) is 0 Å². The van der Waals surface area contributed by atoms with Crippen LogP contribution < -0.4 is 5.32 Å². The van der Waals surface area contributed by atoms with Gasteiger partial charge in [-0.3, -0.25) is 9.69 Å². The van der Waals surface area contributed by atoms with Crippen LogP contribution >= 0.6 is 0 Å². The predicted octanol–water partition coefficient (Wildman–Crippen LogP) is 2.04. The lowest BCUT2D eigenvalue weighted by atomic mass is 10.0. The Balaban J connectivity index is 4.78. The van der Waals surface area contributed by atoms with Gasteiger partial charge >= 0.3 is 5.97 Å². The quantitative estimate of drug-likeness (QED) is 0.643. The molecule has 0 radical (unpaired) electrons. The van der Waals surface area contributed by atoms with Gasteiger partial charge in [0.15, 0.2) is 0 Å². The van der Waals surface area contributed by atoms with Crippen molar-refractivity contribution >= 4 is 5.97 Å². The summed E-state index contributed by atoms with van der Waals surface area (Å²) in [7, 11) is 0. The Kier molecular flexibility index (Phi) is 8.20. The van der Waals surface area contributed by atoms with E-state index in [1.807, 2.05) is 13.8 Å². The highest BCUT2D eigenvalue weighted by Gasteiger charge is 2.36. The summed E-state index contributed by atoms with van der Waals surface area (Å²) in [6.07, 6.45) is 1.00. The third-order valence-electron chi connectivity index (χ3n) is 3.15. The monoisotopic (exact) mass is 258 g/mol. The van der Waals surface area contributed by atoms with Crippen LogP contribution in [0, 0.1) is 0 Å². The zero-order valence-corrected chi connectivity index (χ0v) is 12.9. The van der Waals surface area contributed by atoms with Gasteiger partial charge in [0, 0.05) is 12.6 Å². The molecule has 0 aromatic rings. The average Bonchev–Trinajstić information content (AvgIpc) is 2.33. The normalized spacial score (nSPS) is 14.9. The van der Waals surface area contributed by atoms with E-state index >= 15 is 0 Å². The number of ether oxygens (including phenoxy) is 1. The van der Waals surface area contributed by atoms with Crippen LogP contribution in [0.25, 0.3) is 0 Å². The second kappa shape index (κ2) is 8.48. The van der Waals surface area contributed by atoms with Gasteiger partial charge in [-0.1, -0.05) is 13.8 Å². The molecular formula is C14H30N2O2. The molecule has 0 saturated carbocycles. The summed E-state index contributed by atoms with van der Waals surface area (Å²) in [5, 5.41) is 3.33. The topological polar surface area (TPSA) is 41.6 Å². The Morgan fingerprint density at radius 1 is 1.33 bits per heavy atom. The Bertz CT molecular complexity index is 244. The number of carbonyl (C=O) groups is 1. The van der Waals surface area contributed by atoms with Crippen LogP contribution in [0.5, 0.6) is 0 Å². The molecule has 0 saturated heterocycles. The third kappa shape index (κ3) is 5.36. The van der Waals surface area contributed by atoms with Gasteiger partial charge in [-0.2, -0.15) is 0 Å². The molecule has 4 nitrogen and oxygen atoms in total. The summed E-state index contributed by atoms with van der Waals surface area (Å²) in [6, 6.07) is 0.423. The van der Waals surface area contributed by atoms with E-state index in [0.29, 0.717) is 19.2 Å². The molecule has 0 rings (SSSR count). The van der Waals surface area contributed by atoms with Crippen molar-refractivity contribution in [3.63, 3.8) is 0 Å². The minimum absolute atomic E-state index is 0.155. The summed E-state index contributed by atoms with van der Waals surface area (Å²) >= 11 is 0. The number of carbonyl (C=O) groups excluding carboxylic acids is 1. The first-order valence-corrected chi connectivity index (χ1v) is 7.07. The van der Waals surface area contributed by atoms with Crippen molar-refractivity contribution in [1.82, 2.24) is 10.2 Å². The molecule has 0 aliphatic carbocycles. The number of rotatable bonds is 9. The van der Waals surface area contributed by atoms with Gasteiger partial charge in [0.2, 0.25) is 0 Å². The number of likely N-dealkylation sites (N-methyl/N-ethyl adjacent to an activating group) is 1. The summed E-state index contributed by atoms with van der Waals surface area (Å²) in [6.45, 7) is 15.2. The lowest BCUT2D eigenvalue weighted by Crippen LogP contribution is -2.58. The summed E-state index contributed by atoms with van der Waals surface area (Å²) in [5.41, 5.74) is -0.619. The average molecular weight is 258 g/mol. The number of nitrogens with zero attached hydrogens (tertiary/aromatic N) is 1. The first-order valence-electron chi connectivity index (χ1n) is 7.07. The fourth-order valence-corrected chi connectivity index (χ4v) is 1.95. The molecule has 18 heavy (non-hydrogen) atoms. The minimum Gasteiger partial charge on any atom is -0.465 e. The Hall–Kier alpha value is -0.610. The first-order chi connectivity index (χ1) is 8.41. The van der Waals surface area contributed by atoms with E-state index < -0.39 is 5.54 Å². The van der Waals surface area contributed by atoms with Crippen LogP contribution in [0.15, 0.2) is 0 Å². The molecule has 0 spiro atoms. The molecule has 0 aliphatic heterocycles. The highest BCUT2D eigenvalue weighted by atomic mass is 16.5. The van der Waals surface area contributed by atoms with Crippen molar-refractivity contribution in [3.05, 3.63) is 0 Å². The predicted molar refractivity (Wildman–Crippen MR) is 75.7 cm³/mol. The highest BCUT2D eigenvalue weighted by Crippen LogP contribution is 2.12. The van der Waals surface area contributed by atoms with Crippen molar-refractivity contribution < 1.29 is 9.53 Å². The maximum absolute atomic E-state index is 12.1. The zero-order valence-electron chi connectivity index (χ0n) is 12.9. The zero-order chi connectivity index (χ0) is 14.2. The SMILES string of the molecule is CCCNC(C)(CN(CC)C(C)C)C(=O)OCC. The molecule has 0 aromatic heterocycles. The van der Waals surface area contributed by atoms with Crippen LogP contribution in [0.3, 0.4) is 0 Å². The van der Waals surface area contributed by atoms with Gasteiger partial charge < -0.3 is 10.1 Å². The number of hydrogen-bond donors (Lipinski definition) is 1. The Morgan fingerprint density at radius 3 is 2.33 bits per heavy atom. The van der Waals surface area contributed by atoms with Gasteiger partial charge in [0.25, 0.3) is 0 Å². The molecule has 1 atom stereocenters.